The molecule has 0 bridgehead atoms. The first-order valence-corrected chi connectivity index (χ1v) is 15.3. The molecule has 2 aliphatic heterocycles. The lowest BCUT2D eigenvalue weighted by molar-refractivity contribution is -0.329. The smallest absolute Gasteiger partial charge is 0.340 e. The number of aliphatic hydroxyl groups is 2. The van der Waals surface area contributed by atoms with Gasteiger partial charge in [0.2, 0.25) is 0 Å². The van der Waals surface area contributed by atoms with Crippen molar-refractivity contribution in [3.63, 3.8) is 0 Å². The number of para-hydroxylation sites is 1. The van der Waals surface area contributed by atoms with E-state index >= 15 is 0 Å². The van der Waals surface area contributed by atoms with Crippen molar-refractivity contribution in [1.82, 2.24) is 0 Å². The molecule has 0 radical (unpaired) electrons. The number of Topliss-reactive ketones (excluding diaryl/α,β-unsaturated/α-hetero) is 1. The average molecular weight is 612 g/mol. The molecule has 11 heteroatoms. The molecule has 0 amide bonds. The van der Waals surface area contributed by atoms with Crippen LogP contribution in [0.5, 0.6) is 0 Å². The molecule has 4 aliphatic carbocycles. The minimum atomic E-state index is -2.18. The summed E-state index contributed by atoms with van der Waals surface area (Å²) < 4.78 is 31.4. The molecule has 0 unspecified atom stereocenters. The maximum absolute atomic E-state index is 13.9. The summed E-state index contributed by atoms with van der Waals surface area (Å²) in [6.45, 7) is 11.9. The summed E-state index contributed by atoms with van der Waals surface area (Å²) in [5.74, 6) is -6.27. The molecular weight excluding hydrogens is 570 g/mol. The van der Waals surface area contributed by atoms with Crippen LogP contribution in [0.25, 0.3) is 0 Å². The first-order valence-electron chi connectivity index (χ1n) is 15.3. The monoisotopic (exact) mass is 611 g/mol. The minimum Gasteiger partial charge on any atom is -0.458 e. The third-order valence-corrected chi connectivity index (χ3v) is 11.7. The maximum Gasteiger partial charge on any atom is 0.340 e. The molecule has 44 heavy (non-hydrogen) atoms. The highest BCUT2D eigenvalue weighted by Gasteiger charge is 2.94. The van der Waals surface area contributed by atoms with Gasteiger partial charge < -0.3 is 39.2 Å². The second kappa shape index (κ2) is 8.70. The SMILES string of the molecule is CNc1ccccc1C(=O)O[C@@]12[C@H](OC(C)=O)[C@@H](C)[C@@]3(O)[C@H]([C@@H]1C2(C)C)[C@@H]1O[C@@]12COC(C)(C)O[C@H]2[C@]1(O)C(=O)C(C)=C[C@H]13. The number of ketones is 1. The molecule has 11 atom stereocenters. The number of benzene rings is 1. The van der Waals surface area contributed by atoms with Crippen LogP contribution in [0.4, 0.5) is 5.69 Å². The molecule has 7 rings (SSSR count). The van der Waals surface area contributed by atoms with Crippen LogP contribution in [-0.4, -0.2) is 88.1 Å². The number of epoxide rings is 1. The fourth-order valence-corrected chi connectivity index (χ4v) is 9.68. The summed E-state index contributed by atoms with van der Waals surface area (Å²) in [5.41, 5.74) is -6.23. The molecule has 238 valence electrons. The number of fused-ring (bicyclic) bond motifs is 7. The standard InChI is InChI=1S/C33H41NO10/c1-15-13-20-31(38)16(2)24(41-17(3)35)33(43-26(37)18-11-9-10-12-19(18)34-8)22(28(33,4)5)21(31)25-30(42-25)14-40-29(6,7)44-27(30)32(20,39)23(15)36/h9-13,16,20-22,24-25,27,34,38-39H,14H2,1-8H3/t16-,20+,21-,22-,24-,25+,27-,30+,31+,32-,33-/m1/s1. The van der Waals surface area contributed by atoms with E-state index < -0.39 is 93.3 Å². The topological polar surface area (TPSA) is 153 Å². The molecule has 3 N–H and O–H groups in total. The van der Waals surface area contributed by atoms with Crippen LogP contribution in [0, 0.1) is 29.1 Å². The number of hydrogen-bond acceptors (Lipinski definition) is 11. The summed E-state index contributed by atoms with van der Waals surface area (Å²) in [5, 5.41) is 28.8. The third kappa shape index (κ3) is 3.32. The van der Waals surface area contributed by atoms with Crippen LogP contribution in [0.2, 0.25) is 0 Å². The highest BCUT2D eigenvalue weighted by atomic mass is 16.8. The van der Waals surface area contributed by atoms with Gasteiger partial charge >= 0.3 is 11.9 Å². The van der Waals surface area contributed by atoms with Gasteiger partial charge in [0, 0.05) is 48.7 Å². The highest BCUT2D eigenvalue weighted by Crippen LogP contribution is 2.80. The molecule has 3 saturated carbocycles. The molecule has 2 saturated heterocycles. The van der Waals surface area contributed by atoms with Crippen molar-refractivity contribution >= 4 is 23.4 Å². The molecular formula is C33H41NO10. The van der Waals surface area contributed by atoms with Crippen molar-refractivity contribution in [2.75, 3.05) is 19.0 Å². The molecule has 1 spiro atoms. The van der Waals surface area contributed by atoms with E-state index in [4.69, 9.17) is 23.7 Å². The number of nitrogens with one attached hydrogen (secondary N) is 1. The Morgan fingerprint density at radius 3 is 2.43 bits per heavy atom. The van der Waals surface area contributed by atoms with E-state index in [0.717, 1.165) is 0 Å². The van der Waals surface area contributed by atoms with Gasteiger partial charge in [0.1, 0.15) is 17.8 Å². The van der Waals surface area contributed by atoms with Crippen LogP contribution < -0.4 is 5.32 Å². The van der Waals surface area contributed by atoms with Crippen LogP contribution in [0.1, 0.15) is 58.8 Å². The van der Waals surface area contributed by atoms with Crippen LogP contribution in [-0.2, 0) is 33.3 Å². The zero-order valence-electron chi connectivity index (χ0n) is 26.3. The van der Waals surface area contributed by atoms with Gasteiger partial charge in [-0.1, -0.05) is 39.0 Å². The predicted molar refractivity (Wildman–Crippen MR) is 154 cm³/mol. The fourth-order valence-electron chi connectivity index (χ4n) is 9.68. The van der Waals surface area contributed by atoms with Gasteiger partial charge in [-0.05, 0) is 38.5 Å². The van der Waals surface area contributed by atoms with Gasteiger partial charge in [-0.15, -0.1) is 0 Å². The third-order valence-electron chi connectivity index (χ3n) is 11.7. The first-order chi connectivity index (χ1) is 20.4. The first kappa shape index (κ1) is 29.9. The Balaban J connectivity index is 1.42. The number of esters is 2. The molecule has 11 nitrogen and oxygen atoms in total. The Hall–Kier alpha value is -2.83. The number of rotatable bonds is 4. The quantitative estimate of drug-likeness (QED) is 0.340. The zero-order chi connectivity index (χ0) is 32.0. The largest absolute Gasteiger partial charge is 0.458 e. The second-order valence-corrected chi connectivity index (χ2v) is 14.6. The Morgan fingerprint density at radius 1 is 1.09 bits per heavy atom. The van der Waals surface area contributed by atoms with E-state index in [1.54, 1.807) is 65.1 Å². The number of carbonyl (C=O) groups excluding carboxylic acids is 3. The van der Waals surface area contributed by atoms with Gasteiger partial charge in [-0.3, -0.25) is 9.59 Å². The summed E-state index contributed by atoms with van der Waals surface area (Å²) >= 11 is 0. The lowest BCUT2D eigenvalue weighted by Gasteiger charge is -2.54. The van der Waals surface area contributed by atoms with Gasteiger partial charge in [-0.25, -0.2) is 4.79 Å². The van der Waals surface area contributed by atoms with E-state index in [2.05, 4.69) is 5.32 Å². The van der Waals surface area contributed by atoms with Crippen molar-refractivity contribution in [3.05, 3.63) is 41.5 Å². The lowest BCUT2D eigenvalue weighted by atomic mass is 9.58. The lowest BCUT2D eigenvalue weighted by Crippen LogP contribution is -2.70. The van der Waals surface area contributed by atoms with Crippen molar-refractivity contribution in [2.24, 2.45) is 29.1 Å². The van der Waals surface area contributed by atoms with Crippen molar-refractivity contribution in [2.45, 2.75) is 95.0 Å². The Kier molecular flexibility index (Phi) is 5.90. The number of hydrogen-bond donors (Lipinski definition) is 3. The molecule has 6 aliphatic rings. The Labute approximate surface area is 256 Å². The molecule has 5 fully saturated rings. The minimum absolute atomic E-state index is 0.0283. The van der Waals surface area contributed by atoms with Crippen LogP contribution in [0.3, 0.4) is 0 Å². The maximum atomic E-state index is 13.9. The number of ether oxygens (including phenoxy) is 5. The van der Waals surface area contributed by atoms with Crippen molar-refractivity contribution < 1.29 is 48.3 Å². The number of carbonyl (C=O) groups is 3. The van der Waals surface area contributed by atoms with Crippen molar-refractivity contribution in [1.29, 1.82) is 0 Å². The molecule has 2 heterocycles. The molecule has 0 aromatic heterocycles. The van der Waals surface area contributed by atoms with E-state index in [-0.39, 0.29) is 6.61 Å². The van der Waals surface area contributed by atoms with Crippen LogP contribution in [0.15, 0.2) is 35.9 Å². The van der Waals surface area contributed by atoms with E-state index in [1.807, 2.05) is 13.8 Å². The normalized spacial score (nSPS) is 46.9. The van der Waals surface area contributed by atoms with E-state index in [0.29, 0.717) is 16.8 Å². The highest BCUT2D eigenvalue weighted by molar-refractivity contribution is 6.05. The Bertz CT molecular complexity index is 1520. The average Bonchev–Trinajstić information content (AvgIpc) is 3.77. The van der Waals surface area contributed by atoms with Gasteiger partial charge in [-0.2, -0.15) is 0 Å². The summed E-state index contributed by atoms with van der Waals surface area (Å²) in [4.78, 5) is 40.5. The predicted octanol–water partition coefficient (Wildman–Crippen LogP) is 2.39. The second-order valence-electron chi connectivity index (χ2n) is 14.6. The molecule has 1 aromatic rings. The zero-order valence-corrected chi connectivity index (χ0v) is 26.3. The summed E-state index contributed by atoms with van der Waals surface area (Å²) in [6, 6.07) is 6.96. The van der Waals surface area contributed by atoms with E-state index in [9.17, 15) is 24.6 Å². The van der Waals surface area contributed by atoms with Gasteiger partial charge in [0.15, 0.2) is 22.8 Å². The van der Waals surface area contributed by atoms with Crippen molar-refractivity contribution in [3.8, 4) is 0 Å². The van der Waals surface area contributed by atoms with Crippen LogP contribution >= 0.6 is 0 Å². The summed E-state index contributed by atoms with van der Waals surface area (Å²) in [7, 11) is 1.71. The fraction of sp³-hybridized carbons (Fsp3) is 0.667. The number of anilines is 1. The Morgan fingerprint density at radius 2 is 1.77 bits per heavy atom. The summed E-state index contributed by atoms with van der Waals surface area (Å²) in [6.07, 6.45) is -1.34. The van der Waals surface area contributed by atoms with Gasteiger partial charge in [0.05, 0.1) is 23.9 Å². The van der Waals surface area contributed by atoms with E-state index in [1.165, 1.54) is 6.92 Å². The van der Waals surface area contributed by atoms with Gasteiger partial charge in [0.25, 0.3) is 0 Å². The molecule has 1 aromatic carbocycles.